The molecule has 1 aliphatic heterocycles. The second-order valence-electron chi connectivity index (χ2n) is 4.98. The molecule has 2 saturated carbocycles. The van der Waals surface area contributed by atoms with E-state index in [0.717, 1.165) is 6.42 Å². The van der Waals surface area contributed by atoms with E-state index in [2.05, 4.69) is 0 Å². The van der Waals surface area contributed by atoms with Gasteiger partial charge in [-0.3, -0.25) is 0 Å². The molecule has 2 aliphatic carbocycles. The van der Waals surface area contributed by atoms with Gasteiger partial charge in [-0.15, -0.1) is 0 Å². The topological polar surface area (TPSA) is 68.2 Å². The standard InChI is InChI=1S/C11H16BO5.C5H5.Fe/c1-15-7-8-5-6-16-11(17-8)9-3-2-4-10(9)12(13)14;1-2-4-5-3-1;/h2-4,8,11,13-14H,5-7H2,1H3;1-5H;/q;;+2/t8-,11-;;/m0../s1. The monoisotopic (exact) mass is 360 g/mol. The first-order chi connectivity index (χ1) is 10.7. The molecule has 1 saturated heterocycles. The van der Waals surface area contributed by atoms with Gasteiger partial charge >= 0.3 is 24.2 Å². The van der Waals surface area contributed by atoms with Crippen molar-refractivity contribution in [3.8, 4) is 0 Å². The molecule has 3 aliphatic rings. The van der Waals surface area contributed by atoms with E-state index in [9.17, 15) is 10.0 Å². The minimum Gasteiger partial charge on any atom is -0.427 e. The third-order valence-electron chi connectivity index (χ3n) is 3.35. The van der Waals surface area contributed by atoms with E-state index in [1.807, 2.05) is 32.1 Å². The molecule has 0 aromatic heterocycles. The van der Waals surface area contributed by atoms with Gasteiger partial charge in [-0.1, -0.05) is 0 Å². The summed E-state index contributed by atoms with van der Waals surface area (Å²) >= 11 is 0. The average Bonchev–Trinajstić information content (AvgIpc) is 3.22. The van der Waals surface area contributed by atoms with Gasteiger partial charge in [0, 0.05) is 18.8 Å². The molecule has 23 heavy (non-hydrogen) atoms. The molecule has 0 bridgehead atoms. The predicted molar refractivity (Wildman–Crippen MR) is 82.2 cm³/mol. The van der Waals surface area contributed by atoms with Gasteiger partial charge in [0.1, 0.15) is 0 Å². The summed E-state index contributed by atoms with van der Waals surface area (Å²) in [5, 5.41) is 18.4. The minimum absolute atomic E-state index is 0. The van der Waals surface area contributed by atoms with Crippen LogP contribution < -0.4 is 0 Å². The van der Waals surface area contributed by atoms with Gasteiger partial charge in [-0.2, -0.15) is 0 Å². The van der Waals surface area contributed by atoms with Crippen LogP contribution in [0.25, 0.3) is 0 Å². The van der Waals surface area contributed by atoms with Crippen molar-refractivity contribution in [3.63, 3.8) is 0 Å². The molecule has 0 aromatic carbocycles. The van der Waals surface area contributed by atoms with Crippen LogP contribution in [0.5, 0.6) is 0 Å². The van der Waals surface area contributed by atoms with Crippen molar-refractivity contribution < 1.29 is 41.3 Å². The maximum atomic E-state index is 9.21. The number of hydrogen-bond acceptors (Lipinski definition) is 5. The Labute approximate surface area is 151 Å². The molecule has 3 fully saturated rings. The zero-order chi connectivity index (χ0) is 15.8. The van der Waals surface area contributed by atoms with E-state index in [-0.39, 0.29) is 23.2 Å². The summed E-state index contributed by atoms with van der Waals surface area (Å²) in [6, 6.07) is 0. The van der Waals surface area contributed by atoms with Crippen LogP contribution in [0.15, 0.2) is 0 Å². The van der Waals surface area contributed by atoms with Crippen molar-refractivity contribution in [3.05, 3.63) is 63.1 Å². The SMILES string of the molecule is COC[C@@H]1CCO[C@H]([C]2[CH][CH][CH][C]2B(O)O)O1.[CH]1[CH][CH][CH][CH]1.[Fe+2]. The fourth-order valence-electron chi connectivity index (χ4n) is 2.28. The normalized spacial score (nSPS) is 28.8. The average molecular weight is 360 g/mol. The van der Waals surface area contributed by atoms with E-state index in [1.54, 1.807) is 26.4 Å². The second kappa shape index (κ2) is 11.9. The van der Waals surface area contributed by atoms with Crippen LogP contribution in [0.1, 0.15) is 6.42 Å². The Balaban J connectivity index is 0.000000377. The molecule has 7 heteroatoms. The Morgan fingerprint density at radius 3 is 2.35 bits per heavy atom. The second-order valence-corrected chi connectivity index (χ2v) is 4.98. The number of methoxy groups -OCH3 is 1. The summed E-state index contributed by atoms with van der Waals surface area (Å²) in [6.07, 6.45) is 15.4. The summed E-state index contributed by atoms with van der Waals surface area (Å²) in [5.74, 6) is 1.09. The van der Waals surface area contributed by atoms with Gasteiger partial charge in [0.15, 0.2) is 6.29 Å². The van der Waals surface area contributed by atoms with Crippen LogP contribution in [0, 0.1) is 63.1 Å². The molecule has 0 amide bonds. The van der Waals surface area contributed by atoms with Crippen LogP contribution in [0.2, 0.25) is 0 Å². The van der Waals surface area contributed by atoms with Crippen LogP contribution >= 0.6 is 0 Å². The van der Waals surface area contributed by atoms with Crippen LogP contribution in [0.4, 0.5) is 0 Å². The quantitative estimate of drug-likeness (QED) is 0.718. The van der Waals surface area contributed by atoms with E-state index in [4.69, 9.17) is 14.2 Å². The number of rotatable bonds is 4. The molecular formula is C16H21BFeO5+2. The molecule has 5 nitrogen and oxygen atoms in total. The van der Waals surface area contributed by atoms with Gasteiger partial charge in [-0.05, 0) is 57.8 Å². The molecular weight excluding hydrogens is 339 g/mol. The molecule has 2 N–H and O–H groups in total. The Morgan fingerprint density at radius 1 is 1.13 bits per heavy atom. The number of ether oxygens (including phenoxy) is 3. The third-order valence-corrected chi connectivity index (χ3v) is 3.35. The zero-order valence-corrected chi connectivity index (χ0v) is 14.0. The number of hydrogen-bond donors (Lipinski definition) is 2. The molecule has 1 heterocycles. The van der Waals surface area contributed by atoms with Crippen molar-refractivity contribution >= 4 is 7.12 Å². The fraction of sp³-hybridized carbons (Fsp3) is 0.375. The smallest absolute Gasteiger partial charge is 0.427 e. The van der Waals surface area contributed by atoms with E-state index >= 15 is 0 Å². The first kappa shape index (κ1) is 21.4. The first-order valence-corrected chi connectivity index (χ1v) is 7.26. The fourth-order valence-corrected chi connectivity index (χ4v) is 2.28. The van der Waals surface area contributed by atoms with Crippen molar-refractivity contribution in [1.82, 2.24) is 0 Å². The molecule has 10 radical (unpaired) electrons. The molecule has 0 aromatic rings. The Hall–Kier alpha value is 0.384. The Kier molecular flexibility index (Phi) is 11.0. The molecule has 3 rings (SSSR count). The van der Waals surface area contributed by atoms with Gasteiger partial charge in [0.2, 0.25) is 0 Å². The Morgan fingerprint density at radius 2 is 1.78 bits per heavy atom. The molecule has 0 spiro atoms. The summed E-state index contributed by atoms with van der Waals surface area (Å²) in [4.78, 5) is 0. The summed E-state index contributed by atoms with van der Waals surface area (Å²) in [5.41, 5.74) is 0. The molecule has 2 atom stereocenters. The van der Waals surface area contributed by atoms with E-state index < -0.39 is 13.4 Å². The van der Waals surface area contributed by atoms with Gasteiger partial charge < -0.3 is 24.3 Å². The van der Waals surface area contributed by atoms with Crippen LogP contribution in [0.3, 0.4) is 0 Å². The Bertz CT molecular complexity index is 295. The van der Waals surface area contributed by atoms with Crippen molar-refractivity contribution in [2.24, 2.45) is 0 Å². The first-order valence-electron chi connectivity index (χ1n) is 7.26. The minimum atomic E-state index is -1.50. The third kappa shape index (κ3) is 7.03. The maximum absolute atomic E-state index is 9.21. The van der Waals surface area contributed by atoms with Crippen LogP contribution in [-0.2, 0) is 31.3 Å². The largest absolute Gasteiger partial charge is 2.00 e. The summed E-state index contributed by atoms with van der Waals surface area (Å²) in [6.45, 7) is 1.09. The molecule has 124 valence electrons. The van der Waals surface area contributed by atoms with Gasteiger partial charge in [0.25, 0.3) is 0 Å². The predicted octanol–water partition coefficient (Wildman–Crippen LogP) is 0.571. The maximum Gasteiger partial charge on any atom is 2.00 e. The van der Waals surface area contributed by atoms with Crippen molar-refractivity contribution in [2.45, 2.75) is 18.8 Å². The molecule has 0 unspecified atom stereocenters. The summed E-state index contributed by atoms with van der Waals surface area (Å²) < 4.78 is 16.2. The van der Waals surface area contributed by atoms with Gasteiger partial charge in [-0.25, -0.2) is 0 Å². The van der Waals surface area contributed by atoms with Crippen molar-refractivity contribution in [1.29, 1.82) is 0 Å². The van der Waals surface area contributed by atoms with E-state index in [0.29, 0.717) is 24.9 Å². The van der Waals surface area contributed by atoms with Crippen molar-refractivity contribution in [2.75, 3.05) is 20.3 Å². The summed E-state index contributed by atoms with van der Waals surface area (Å²) in [7, 11) is 0.120. The zero-order valence-electron chi connectivity index (χ0n) is 12.9. The van der Waals surface area contributed by atoms with Crippen LogP contribution in [-0.4, -0.2) is 49.9 Å². The van der Waals surface area contributed by atoms with E-state index in [1.165, 1.54) is 0 Å². The van der Waals surface area contributed by atoms with Gasteiger partial charge in [0.05, 0.1) is 19.3 Å².